The summed E-state index contributed by atoms with van der Waals surface area (Å²) >= 11 is 0. The molecule has 2 aliphatic rings. The molecule has 5 atom stereocenters. The van der Waals surface area contributed by atoms with E-state index in [0.717, 1.165) is 18.5 Å². The number of nitrogens with one attached hydrogen (secondary N) is 1. The molecule has 3 rings (SSSR count). The molecule has 1 aromatic rings. The normalized spacial score (nSPS) is 28.0. The van der Waals surface area contributed by atoms with Crippen molar-refractivity contribution >= 4 is 0 Å². The van der Waals surface area contributed by atoms with Crippen molar-refractivity contribution in [3.05, 3.63) is 35.9 Å². The molecule has 0 unspecified atom stereocenters. The topological polar surface area (TPSA) is 69.2 Å². The second-order valence-electron chi connectivity index (χ2n) is 9.17. The fraction of sp³-hybridized carbons (Fsp3) is 0.760. The first kappa shape index (κ1) is 24.6. The van der Waals surface area contributed by atoms with E-state index in [9.17, 15) is 5.11 Å². The highest BCUT2D eigenvalue weighted by atomic mass is 16.8. The van der Waals surface area contributed by atoms with Crippen LogP contribution in [0.25, 0.3) is 0 Å². The van der Waals surface area contributed by atoms with E-state index in [1.54, 1.807) is 0 Å². The molecule has 176 valence electrons. The molecule has 2 N–H and O–H groups in total. The van der Waals surface area contributed by atoms with Gasteiger partial charge in [-0.05, 0) is 38.8 Å². The summed E-state index contributed by atoms with van der Waals surface area (Å²) in [7, 11) is 0. The van der Waals surface area contributed by atoms with E-state index in [-0.39, 0.29) is 31.0 Å². The monoisotopic (exact) mass is 435 g/mol. The van der Waals surface area contributed by atoms with Gasteiger partial charge in [0.25, 0.3) is 0 Å². The number of aliphatic hydroxyl groups is 1. The summed E-state index contributed by atoms with van der Waals surface area (Å²) in [6.07, 6.45) is 6.91. The molecular weight excluding hydrogens is 394 g/mol. The van der Waals surface area contributed by atoms with Crippen molar-refractivity contribution < 1.29 is 24.1 Å². The van der Waals surface area contributed by atoms with Crippen LogP contribution in [-0.4, -0.2) is 54.7 Å². The Hall–Kier alpha value is -1.02. The van der Waals surface area contributed by atoms with Gasteiger partial charge < -0.3 is 29.4 Å². The third-order valence-electron chi connectivity index (χ3n) is 6.09. The zero-order valence-corrected chi connectivity index (χ0v) is 19.4. The minimum Gasteiger partial charge on any atom is -0.396 e. The zero-order valence-electron chi connectivity index (χ0n) is 19.4. The summed E-state index contributed by atoms with van der Waals surface area (Å²) in [4.78, 5) is 0. The van der Waals surface area contributed by atoms with Crippen molar-refractivity contribution in [3.63, 3.8) is 0 Å². The first-order valence-electron chi connectivity index (χ1n) is 12.0. The maximum absolute atomic E-state index is 9.68. The highest BCUT2D eigenvalue weighted by Crippen LogP contribution is 2.40. The fourth-order valence-corrected chi connectivity index (χ4v) is 4.50. The van der Waals surface area contributed by atoms with E-state index in [0.29, 0.717) is 13.0 Å². The largest absolute Gasteiger partial charge is 0.396 e. The van der Waals surface area contributed by atoms with Gasteiger partial charge in [0.1, 0.15) is 18.3 Å². The highest BCUT2D eigenvalue weighted by molar-refractivity contribution is 5.13. The van der Waals surface area contributed by atoms with Crippen LogP contribution in [0.5, 0.6) is 0 Å². The average Bonchev–Trinajstić information content (AvgIpc) is 3.23. The summed E-state index contributed by atoms with van der Waals surface area (Å²) in [6.45, 7) is 7.54. The number of hydrogen-bond acceptors (Lipinski definition) is 6. The van der Waals surface area contributed by atoms with Gasteiger partial charge in [-0.3, -0.25) is 0 Å². The number of rotatable bonds is 14. The van der Waals surface area contributed by atoms with Crippen molar-refractivity contribution in [1.29, 1.82) is 0 Å². The predicted octanol–water partition coefficient (Wildman–Crippen LogP) is 4.15. The number of fused-ring (bicyclic) bond motifs is 1. The number of hydrogen-bond donors (Lipinski definition) is 2. The molecular formula is C25H41NO5. The molecule has 2 heterocycles. The lowest BCUT2D eigenvalue weighted by molar-refractivity contribution is -0.222. The zero-order chi connectivity index (χ0) is 22.1. The smallest absolute Gasteiger partial charge is 0.190 e. The van der Waals surface area contributed by atoms with Crippen molar-refractivity contribution in [2.75, 3.05) is 13.2 Å². The molecule has 2 saturated heterocycles. The maximum Gasteiger partial charge on any atom is 0.190 e. The number of benzene rings is 1. The van der Waals surface area contributed by atoms with Crippen LogP contribution in [0, 0.1) is 0 Å². The molecule has 6 heteroatoms. The Morgan fingerprint density at radius 1 is 1.06 bits per heavy atom. The van der Waals surface area contributed by atoms with Gasteiger partial charge >= 0.3 is 0 Å². The summed E-state index contributed by atoms with van der Waals surface area (Å²) < 4.78 is 24.8. The lowest BCUT2D eigenvalue weighted by Gasteiger charge is -2.31. The predicted molar refractivity (Wildman–Crippen MR) is 121 cm³/mol. The Labute approximate surface area is 187 Å². The minimum atomic E-state index is -0.687. The molecule has 0 aromatic heterocycles. The Balaban J connectivity index is 1.59. The van der Waals surface area contributed by atoms with Gasteiger partial charge in [-0.25, -0.2) is 0 Å². The molecule has 0 bridgehead atoms. The van der Waals surface area contributed by atoms with Crippen LogP contribution in [0.2, 0.25) is 0 Å². The van der Waals surface area contributed by atoms with Gasteiger partial charge in [0.15, 0.2) is 12.1 Å². The van der Waals surface area contributed by atoms with Crippen LogP contribution in [0.3, 0.4) is 0 Å². The Morgan fingerprint density at radius 2 is 1.81 bits per heavy atom. The summed E-state index contributed by atoms with van der Waals surface area (Å²) in [6, 6.07) is 10.1. The van der Waals surface area contributed by atoms with Crippen LogP contribution in [0.4, 0.5) is 0 Å². The summed E-state index contributed by atoms with van der Waals surface area (Å²) in [5.74, 6) is -0.687. The van der Waals surface area contributed by atoms with Crippen LogP contribution in [0.15, 0.2) is 30.3 Å². The Kier molecular flexibility index (Phi) is 9.75. The van der Waals surface area contributed by atoms with Crippen molar-refractivity contribution in [3.8, 4) is 0 Å². The molecule has 1 aromatic carbocycles. The molecule has 0 aliphatic carbocycles. The second-order valence-corrected chi connectivity index (χ2v) is 9.17. The van der Waals surface area contributed by atoms with Crippen LogP contribution >= 0.6 is 0 Å². The van der Waals surface area contributed by atoms with Crippen molar-refractivity contribution in [2.45, 2.75) is 109 Å². The van der Waals surface area contributed by atoms with Crippen LogP contribution in [0.1, 0.15) is 71.3 Å². The van der Waals surface area contributed by atoms with Gasteiger partial charge in [-0.1, -0.05) is 69.4 Å². The van der Waals surface area contributed by atoms with Gasteiger partial charge in [0.05, 0.1) is 6.61 Å². The Bertz CT molecular complexity index is 626. The van der Waals surface area contributed by atoms with Crippen LogP contribution in [-0.2, 0) is 25.6 Å². The van der Waals surface area contributed by atoms with Gasteiger partial charge in [-0.15, -0.1) is 0 Å². The lowest BCUT2D eigenvalue weighted by Crippen LogP contribution is -2.49. The van der Waals surface area contributed by atoms with Gasteiger partial charge in [0, 0.05) is 12.6 Å². The summed E-state index contributed by atoms with van der Waals surface area (Å²) in [5.41, 5.74) is 1.11. The van der Waals surface area contributed by atoms with Gasteiger partial charge in [0.2, 0.25) is 0 Å². The quantitative estimate of drug-likeness (QED) is 0.428. The first-order chi connectivity index (χ1) is 15.0. The van der Waals surface area contributed by atoms with Crippen LogP contribution < -0.4 is 5.32 Å². The molecule has 0 spiro atoms. The van der Waals surface area contributed by atoms with E-state index in [1.807, 2.05) is 32.0 Å². The van der Waals surface area contributed by atoms with Crippen molar-refractivity contribution in [2.24, 2.45) is 0 Å². The second kappa shape index (κ2) is 12.3. The van der Waals surface area contributed by atoms with E-state index in [2.05, 4.69) is 24.4 Å². The lowest BCUT2D eigenvalue weighted by atomic mass is 10.00. The maximum atomic E-state index is 9.68. The fourth-order valence-electron chi connectivity index (χ4n) is 4.50. The van der Waals surface area contributed by atoms with Crippen molar-refractivity contribution in [1.82, 2.24) is 5.32 Å². The highest BCUT2D eigenvalue weighted by Gasteiger charge is 2.56. The molecule has 6 nitrogen and oxygen atoms in total. The van der Waals surface area contributed by atoms with Gasteiger partial charge in [-0.2, -0.15) is 0 Å². The third-order valence-corrected chi connectivity index (χ3v) is 6.09. The van der Waals surface area contributed by atoms with E-state index >= 15 is 0 Å². The SMILES string of the molecule is CCCCCCCCN[C@@H](CCO)[C@H]1O[C@@H]2OC(C)(C)O[C@@H]2[C@H]1OCc1ccccc1. The van der Waals surface area contributed by atoms with E-state index in [1.165, 1.54) is 32.1 Å². The Morgan fingerprint density at radius 3 is 2.55 bits per heavy atom. The molecule has 2 fully saturated rings. The number of unbranched alkanes of at least 4 members (excludes halogenated alkanes) is 5. The molecule has 0 saturated carbocycles. The molecule has 2 aliphatic heterocycles. The third kappa shape index (κ3) is 7.24. The van der Waals surface area contributed by atoms with E-state index < -0.39 is 12.1 Å². The first-order valence-corrected chi connectivity index (χ1v) is 12.0. The number of aliphatic hydroxyl groups excluding tert-OH is 1. The summed E-state index contributed by atoms with van der Waals surface area (Å²) in [5, 5.41) is 13.3. The minimum absolute atomic E-state index is 0.0117. The molecule has 31 heavy (non-hydrogen) atoms. The average molecular weight is 436 g/mol. The number of ether oxygens (including phenoxy) is 4. The van der Waals surface area contributed by atoms with E-state index in [4.69, 9.17) is 18.9 Å². The molecule has 0 radical (unpaired) electrons. The molecule has 0 amide bonds. The standard InChI is InChI=1S/C25H41NO5/c1-4-5-6-7-8-12-16-26-20(15-17-27)21-22(28-18-19-13-10-9-11-14-19)23-24(29-21)31-25(2,3)30-23/h9-11,13-14,20-24,26-27H,4-8,12,15-18H2,1-3H3/t20-,21+,22-,23+,24+/m0/s1.